The second kappa shape index (κ2) is 4.47. The first-order chi connectivity index (χ1) is 9.29. The summed E-state index contributed by atoms with van der Waals surface area (Å²) in [7, 11) is 2.28. The number of hydrogen-bond donors (Lipinski definition) is 1. The lowest BCUT2D eigenvalue weighted by atomic mass is 9.82. The van der Waals surface area contributed by atoms with E-state index >= 15 is 0 Å². The highest BCUT2D eigenvalue weighted by Crippen LogP contribution is 2.40. The average molecular weight is 262 g/mol. The Labute approximate surface area is 113 Å². The van der Waals surface area contributed by atoms with E-state index in [9.17, 15) is 0 Å². The van der Waals surface area contributed by atoms with Gasteiger partial charge in [-0.2, -0.15) is 0 Å². The van der Waals surface area contributed by atoms with Crippen LogP contribution in [-0.2, 0) is 0 Å². The van der Waals surface area contributed by atoms with Crippen molar-refractivity contribution in [2.45, 2.75) is 69.0 Å². The third-order valence-electron chi connectivity index (χ3n) is 5.03. The van der Waals surface area contributed by atoms with Gasteiger partial charge in [0, 0.05) is 24.0 Å². The van der Waals surface area contributed by atoms with Gasteiger partial charge in [0.2, 0.25) is 5.89 Å². The summed E-state index contributed by atoms with van der Waals surface area (Å²) in [5, 5.41) is 11.8. The standard InChI is InChI=1S/C14H22N4O/c1-18-11-3-2-4-12(18)8-10(7-11)15-14-17-16-13(19-14)9-5-6-9/h9-12H,2-8H2,1H3,(H,15,17). The third kappa shape index (κ3) is 2.24. The first kappa shape index (κ1) is 11.7. The first-order valence-corrected chi connectivity index (χ1v) is 7.61. The summed E-state index contributed by atoms with van der Waals surface area (Å²) in [6, 6.07) is 2.60. The summed E-state index contributed by atoms with van der Waals surface area (Å²) >= 11 is 0. The van der Waals surface area contributed by atoms with E-state index < -0.39 is 0 Å². The smallest absolute Gasteiger partial charge is 0.315 e. The molecule has 0 radical (unpaired) electrons. The molecule has 104 valence electrons. The van der Waals surface area contributed by atoms with E-state index in [2.05, 4.69) is 27.5 Å². The number of fused-ring (bicyclic) bond motifs is 2. The molecular formula is C14H22N4O. The zero-order chi connectivity index (χ0) is 12.8. The van der Waals surface area contributed by atoms with E-state index in [0.29, 0.717) is 18.0 Å². The summed E-state index contributed by atoms with van der Waals surface area (Å²) < 4.78 is 5.71. The van der Waals surface area contributed by atoms with E-state index in [-0.39, 0.29) is 0 Å². The Morgan fingerprint density at radius 1 is 1.11 bits per heavy atom. The number of piperidine rings is 2. The summed E-state index contributed by atoms with van der Waals surface area (Å²) in [5.74, 6) is 1.37. The van der Waals surface area contributed by atoms with Crippen LogP contribution in [-0.4, -0.2) is 40.3 Å². The molecule has 3 aliphatic rings. The van der Waals surface area contributed by atoms with Gasteiger partial charge >= 0.3 is 6.01 Å². The molecule has 2 unspecified atom stereocenters. The van der Waals surface area contributed by atoms with Crippen LogP contribution in [0.25, 0.3) is 0 Å². The second-order valence-electron chi connectivity index (χ2n) is 6.44. The third-order valence-corrected chi connectivity index (χ3v) is 5.03. The van der Waals surface area contributed by atoms with E-state index in [0.717, 1.165) is 18.0 Å². The molecule has 2 atom stereocenters. The molecule has 2 saturated heterocycles. The summed E-state index contributed by atoms with van der Waals surface area (Å²) in [6.45, 7) is 0. The van der Waals surface area contributed by atoms with Gasteiger partial charge in [-0.1, -0.05) is 11.5 Å². The van der Waals surface area contributed by atoms with Crippen molar-refractivity contribution in [3.63, 3.8) is 0 Å². The molecule has 3 heterocycles. The van der Waals surface area contributed by atoms with Crippen LogP contribution in [0.3, 0.4) is 0 Å². The Hall–Kier alpha value is -1.10. The zero-order valence-corrected chi connectivity index (χ0v) is 11.5. The molecule has 2 aliphatic heterocycles. The van der Waals surface area contributed by atoms with Crippen molar-refractivity contribution in [1.29, 1.82) is 0 Å². The Morgan fingerprint density at radius 3 is 2.53 bits per heavy atom. The SMILES string of the molecule is CN1C2CCCC1CC(Nc1nnc(C3CC3)o1)C2. The predicted octanol–water partition coefficient (Wildman–Crippen LogP) is 2.37. The van der Waals surface area contributed by atoms with E-state index in [1.165, 1.54) is 44.9 Å². The molecule has 0 amide bonds. The van der Waals surface area contributed by atoms with Crippen LogP contribution in [0.2, 0.25) is 0 Å². The monoisotopic (exact) mass is 262 g/mol. The number of rotatable bonds is 3. The highest BCUT2D eigenvalue weighted by molar-refractivity contribution is 5.22. The molecule has 1 aromatic rings. The van der Waals surface area contributed by atoms with Gasteiger partial charge in [-0.25, -0.2) is 0 Å². The van der Waals surface area contributed by atoms with Gasteiger partial charge in [-0.05, 0) is 45.6 Å². The van der Waals surface area contributed by atoms with Gasteiger partial charge in [-0.3, -0.25) is 0 Å². The molecule has 1 aliphatic carbocycles. The van der Waals surface area contributed by atoms with Gasteiger partial charge in [0.25, 0.3) is 0 Å². The van der Waals surface area contributed by atoms with Crippen molar-refractivity contribution in [3.8, 4) is 0 Å². The zero-order valence-electron chi connectivity index (χ0n) is 11.5. The van der Waals surface area contributed by atoms with Crippen LogP contribution in [0.1, 0.15) is 56.8 Å². The maximum absolute atomic E-state index is 5.71. The lowest BCUT2D eigenvalue weighted by Crippen LogP contribution is -2.52. The fraction of sp³-hybridized carbons (Fsp3) is 0.857. The normalized spacial score (nSPS) is 35.3. The quantitative estimate of drug-likeness (QED) is 0.906. The van der Waals surface area contributed by atoms with Crippen LogP contribution in [0.5, 0.6) is 0 Å². The average Bonchev–Trinajstić information content (AvgIpc) is 3.12. The Bertz CT molecular complexity index is 442. The van der Waals surface area contributed by atoms with Crippen molar-refractivity contribution in [2.75, 3.05) is 12.4 Å². The van der Waals surface area contributed by atoms with Crippen molar-refractivity contribution in [1.82, 2.24) is 15.1 Å². The minimum absolute atomic E-state index is 0.499. The van der Waals surface area contributed by atoms with E-state index in [4.69, 9.17) is 4.42 Å². The first-order valence-electron chi connectivity index (χ1n) is 7.61. The molecule has 1 saturated carbocycles. The molecule has 2 bridgehead atoms. The number of nitrogens with one attached hydrogen (secondary N) is 1. The van der Waals surface area contributed by atoms with Crippen LogP contribution < -0.4 is 5.32 Å². The van der Waals surface area contributed by atoms with Gasteiger partial charge in [0.15, 0.2) is 0 Å². The Kier molecular flexibility index (Phi) is 2.76. The molecule has 3 fully saturated rings. The van der Waals surface area contributed by atoms with Crippen LogP contribution in [0, 0.1) is 0 Å². The highest BCUT2D eigenvalue weighted by atomic mass is 16.4. The summed E-state index contributed by atoms with van der Waals surface area (Å²) in [4.78, 5) is 2.57. The van der Waals surface area contributed by atoms with Crippen molar-refractivity contribution in [3.05, 3.63) is 5.89 Å². The number of hydrogen-bond acceptors (Lipinski definition) is 5. The number of aromatic nitrogens is 2. The largest absolute Gasteiger partial charge is 0.408 e. The van der Waals surface area contributed by atoms with Crippen molar-refractivity contribution >= 4 is 6.01 Å². The summed E-state index contributed by atoms with van der Waals surface area (Å²) in [5.41, 5.74) is 0. The second-order valence-corrected chi connectivity index (χ2v) is 6.44. The molecule has 4 rings (SSSR count). The fourth-order valence-electron chi connectivity index (χ4n) is 3.70. The number of nitrogens with zero attached hydrogens (tertiary/aromatic N) is 3. The van der Waals surface area contributed by atoms with Gasteiger partial charge in [-0.15, -0.1) is 5.10 Å². The highest BCUT2D eigenvalue weighted by Gasteiger charge is 2.36. The summed E-state index contributed by atoms with van der Waals surface area (Å²) in [6.07, 6.45) is 8.88. The minimum Gasteiger partial charge on any atom is -0.408 e. The molecule has 0 spiro atoms. The fourth-order valence-corrected chi connectivity index (χ4v) is 3.70. The van der Waals surface area contributed by atoms with Crippen LogP contribution in [0.15, 0.2) is 4.42 Å². The molecule has 1 N–H and O–H groups in total. The van der Waals surface area contributed by atoms with Crippen LogP contribution in [0.4, 0.5) is 6.01 Å². The topological polar surface area (TPSA) is 54.2 Å². The molecule has 0 aromatic carbocycles. The van der Waals surface area contributed by atoms with Gasteiger partial charge in [0.1, 0.15) is 0 Å². The van der Waals surface area contributed by atoms with Crippen molar-refractivity contribution < 1.29 is 4.42 Å². The minimum atomic E-state index is 0.499. The van der Waals surface area contributed by atoms with Gasteiger partial charge in [0.05, 0.1) is 0 Å². The Morgan fingerprint density at radius 2 is 1.84 bits per heavy atom. The lowest BCUT2D eigenvalue weighted by molar-refractivity contribution is 0.0604. The molecular weight excluding hydrogens is 240 g/mol. The van der Waals surface area contributed by atoms with Crippen molar-refractivity contribution in [2.24, 2.45) is 0 Å². The predicted molar refractivity (Wildman–Crippen MR) is 72.1 cm³/mol. The molecule has 5 heteroatoms. The lowest BCUT2D eigenvalue weighted by Gasteiger charge is -2.47. The number of anilines is 1. The molecule has 19 heavy (non-hydrogen) atoms. The van der Waals surface area contributed by atoms with Gasteiger partial charge < -0.3 is 14.6 Å². The van der Waals surface area contributed by atoms with Crippen LogP contribution >= 0.6 is 0 Å². The maximum Gasteiger partial charge on any atom is 0.315 e. The Balaban J connectivity index is 1.42. The maximum atomic E-state index is 5.71. The van der Waals surface area contributed by atoms with E-state index in [1.807, 2.05) is 0 Å². The van der Waals surface area contributed by atoms with E-state index in [1.54, 1.807) is 0 Å². The molecule has 1 aromatic heterocycles. The molecule has 5 nitrogen and oxygen atoms in total.